The van der Waals surface area contributed by atoms with E-state index in [-0.39, 0.29) is 17.0 Å². The van der Waals surface area contributed by atoms with Crippen molar-refractivity contribution in [3.8, 4) is 18.2 Å². The molecule has 1 fully saturated rings. The first-order valence-corrected chi connectivity index (χ1v) is 38.6. The normalized spacial score (nSPS) is 14.1. The van der Waals surface area contributed by atoms with Crippen LogP contribution in [0.25, 0.3) is 0 Å². The van der Waals surface area contributed by atoms with Crippen molar-refractivity contribution in [2.75, 3.05) is 23.2 Å². The number of alkyl halides is 3. The van der Waals surface area contributed by atoms with Crippen LogP contribution in [-0.4, -0.2) is 53.1 Å². The summed E-state index contributed by atoms with van der Waals surface area (Å²) in [5, 5.41) is 31.1. The fourth-order valence-electron chi connectivity index (χ4n) is 2.44. The Hall–Kier alpha value is 3.01. The van der Waals surface area contributed by atoms with Crippen molar-refractivity contribution in [2.24, 2.45) is 5.73 Å². The number of nitrogens with two attached hydrogens (primary N) is 1. The number of hydrogen-bond donors (Lipinski definition) is 3. The van der Waals surface area contributed by atoms with Gasteiger partial charge in [0.1, 0.15) is 11.6 Å². The zero-order valence-electron chi connectivity index (χ0n) is 25.9. The van der Waals surface area contributed by atoms with Gasteiger partial charge in [0.15, 0.2) is 0 Å². The summed E-state index contributed by atoms with van der Waals surface area (Å²) < 4.78 is 5.05. The van der Waals surface area contributed by atoms with Crippen LogP contribution in [0.4, 0.5) is 4.79 Å². The summed E-state index contributed by atoms with van der Waals surface area (Å²) in [6, 6.07) is 5.22. The summed E-state index contributed by atoms with van der Waals surface area (Å²) in [6.07, 6.45) is 3.85. The summed E-state index contributed by atoms with van der Waals surface area (Å²) in [5.74, 6) is 0.822. The minimum absolute atomic E-state index is 0.0653. The van der Waals surface area contributed by atoms with Crippen LogP contribution in [0.15, 0.2) is 36.5 Å². The summed E-state index contributed by atoms with van der Waals surface area (Å²) in [5.41, 5.74) is 7.76. The second kappa shape index (κ2) is 41.4. The second-order valence-corrected chi connectivity index (χ2v) is 57.2. The Balaban J connectivity index is -0.000000163. The van der Waals surface area contributed by atoms with Crippen molar-refractivity contribution in [3.63, 3.8) is 0 Å². The van der Waals surface area contributed by atoms with Gasteiger partial charge in [-0.2, -0.15) is 15.8 Å². The summed E-state index contributed by atoms with van der Waals surface area (Å²) >= 11 is 25.3. The molecule has 0 aromatic rings. The first-order chi connectivity index (χ1) is 21.0. The molecule has 0 radical (unpaired) electrons. The van der Waals surface area contributed by atoms with Crippen molar-refractivity contribution in [2.45, 2.75) is 83.0 Å². The van der Waals surface area contributed by atoms with Gasteiger partial charge >= 0.3 is 120 Å². The Morgan fingerprint density at radius 3 is 1.87 bits per heavy atom. The monoisotopic (exact) mass is 1420 g/mol. The zero-order valence-corrected chi connectivity index (χ0v) is 43.1. The average Bonchev–Trinajstić information content (AvgIpc) is 2.98. The third kappa shape index (κ3) is 54.0. The van der Waals surface area contributed by atoms with Crippen LogP contribution >= 0.6 is 146 Å². The summed E-state index contributed by atoms with van der Waals surface area (Å²) in [4.78, 5) is 13.1. The van der Waals surface area contributed by atoms with Crippen LogP contribution < -0.4 is 16.4 Å². The number of alkyl carbamates (subject to hydrolysis) is 1. The number of carbonyl (C=O) groups is 1. The van der Waals surface area contributed by atoms with E-state index < -0.39 is 17.7 Å². The molecular weight excluding hydrogens is 1370 g/mol. The molecule has 0 bridgehead atoms. The topological polar surface area (TPSA) is 148 Å². The van der Waals surface area contributed by atoms with E-state index in [4.69, 9.17) is 49.5 Å². The average molecular weight is 1420 g/mol. The Morgan fingerprint density at radius 1 is 1.11 bits per heavy atom. The Bertz CT molecular complexity index is 917. The first kappa shape index (κ1) is 57.4. The van der Waals surface area contributed by atoms with Gasteiger partial charge in [0.05, 0.1) is 30.3 Å². The molecule has 1 heterocycles. The third-order valence-electron chi connectivity index (χ3n) is 4.53. The molecule has 0 unspecified atom stereocenters. The van der Waals surface area contributed by atoms with E-state index in [1.54, 1.807) is 20.8 Å². The molecule has 4 N–H and O–H groups in total. The number of nitriles is 3. The molecule has 0 aliphatic carbocycles. The van der Waals surface area contributed by atoms with Gasteiger partial charge in [-0.05, 0) is 64.2 Å². The molecule has 1 amide bonds. The zero-order chi connectivity index (χ0) is 36.4. The van der Waals surface area contributed by atoms with Crippen molar-refractivity contribution < 1.29 is 23.9 Å². The molecule has 8 nitrogen and oxygen atoms in total. The first-order valence-electron chi connectivity index (χ1n) is 12.8. The van der Waals surface area contributed by atoms with Gasteiger partial charge < -0.3 is 15.8 Å². The maximum atomic E-state index is 11.4. The molecule has 0 saturated carbocycles. The fourth-order valence-corrected chi connectivity index (χ4v) is 2.71. The molecule has 0 aromatic heterocycles. The molecule has 45 heavy (non-hydrogen) atoms. The van der Waals surface area contributed by atoms with E-state index in [9.17, 15) is 4.79 Å². The molecular formula is C27H43Cl2I6N6O2V2. The van der Waals surface area contributed by atoms with Gasteiger partial charge in [-0.15, -0.1) is 23.2 Å². The predicted molar refractivity (Wildman–Crippen MR) is 236 cm³/mol. The van der Waals surface area contributed by atoms with Gasteiger partial charge in [-0.25, -0.2) is 4.79 Å². The van der Waals surface area contributed by atoms with E-state index in [1.165, 1.54) is 5.57 Å². The van der Waals surface area contributed by atoms with Gasteiger partial charge in [0.2, 0.25) is 0 Å². The Labute approximate surface area is 362 Å². The standard InChI is InChI=1S/C12H19ClN2O2.C7H11ClN2.C7H10N2.CH3I.5HI.2V/c1-9(7-13)5-6-10(8-14)15-11(16)17-12(2,3)4;1-6(4-8)2-3-7(10)5-9;1-6-2-3-7(4-8)9-5-6;1-2;;;;;;;/h10H,1,5-7H2,2-4H3,(H,15,16);7H,1-4,10H2;7,9H,1-3,5H2;1H3;5*1H;;/q;;;;;;;;;+2;+3/p-5/t10-;2*7-;;;;;;;;/m000......../s1. The predicted octanol–water partition coefficient (Wildman–Crippen LogP) is 10.7. The number of carbonyl (C=O) groups excluding carboxylic acids is 1. The van der Waals surface area contributed by atoms with Crippen molar-refractivity contribution in [3.05, 3.63) is 36.5 Å². The van der Waals surface area contributed by atoms with Gasteiger partial charge in [-0.1, -0.05) is 59.0 Å². The van der Waals surface area contributed by atoms with Crippen LogP contribution in [0.5, 0.6) is 0 Å². The fraction of sp³-hybridized carbons (Fsp3) is 0.630. The van der Waals surface area contributed by atoms with E-state index in [2.05, 4.69) is 159 Å². The van der Waals surface area contributed by atoms with Gasteiger partial charge in [0, 0.05) is 18.3 Å². The molecule has 1 saturated heterocycles. The molecule has 3 atom stereocenters. The number of rotatable bonds is 9. The molecule has 259 valence electrons. The van der Waals surface area contributed by atoms with Gasteiger partial charge in [0.25, 0.3) is 0 Å². The van der Waals surface area contributed by atoms with E-state index in [0.717, 1.165) is 37.0 Å². The van der Waals surface area contributed by atoms with E-state index >= 15 is 0 Å². The number of piperidine rings is 1. The van der Waals surface area contributed by atoms with Crippen LogP contribution in [-0.2, 0) is 19.1 Å². The van der Waals surface area contributed by atoms with Crippen LogP contribution in [0.1, 0.15) is 59.3 Å². The van der Waals surface area contributed by atoms with Crippen LogP contribution in [0, 0.1) is 34.0 Å². The molecule has 18 heteroatoms. The third-order valence-corrected chi connectivity index (χ3v) is 5.28. The van der Waals surface area contributed by atoms with E-state index in [0.29, 0.717) is 40.5 Å². The molecule has 1 aliphatic rings. The molecule has 1 rings (SSSR count). The van der Waals surface area contributed by atoms with Crippen LogP contribution in [0.2, 0.25) is 0 Å². The number of nitrogens with zero attached hydrogens (tertiary/aromatic N) is 3. The van der Waals surface area contributed by atoms with Crippen molar-refractivity contribution >= 4 is 152 Å². The van der Waals surface area contributed by atoms with Crippen molar-refractivity contribution in [1.82, 2.24) is 10.6 Å². The SMILES string of the molecule is C=C(CCl)CC[C@@H](C#N)NC(=O)OC(C)(C)C.C=C(CCl)CC[C@H](N)C#N.C=C1CC[C@@H](C#N)NC1.CI.[I][V]([I])[I].[I][V][I]. The Morgan fingerprint density at radius 2 is 1.56 bits per heavy atom. The number of allylic oxidation sites excluding steroid dienone is 2. The maximum absolute atomic E-state index is 11.4. The van der Waals surface area contributed by atoms with E-state index in [1.807, 2.05) is 17.1 Å². The van der Waals surface area contributed by atoms with Gasteiger partial charge in [-0.3, -0.25) is 5.32 Å². The number of amides is 1. The number of halogens is 8. The molecule has 0 spiro atoms. The molecule has 1 aliphatic heterocycles. The summed E-state index contributed by atoms with van der Waals surface area (Å²) in [6.45, 7) is 17.3. The van der Waals surface area contributed by atoms with Crippen LogP contribution in [0.3, 0.4) is 0 Å². The quantitative estimate of drug-likeness (QED) is 0.118. The minimum atomic E-state index is -0.583. The van der Waals surface area contributed by atoms with Crippen molar-refractivity contribution in [1.29, 1.82) is 15.8 Å². The molecule has 0 aromatic carbocycles. The number of hydrogen-bond acceptors (Lipinski definition) is 7. The number of ether oxygens (including phenoxy) is 1. The second-order valence-electron chi connectivity index (χ2n) is 9.51. The number of nitrogens with one attached hydrogen (secondary N) is 2. The Kier molecular flexibility index (Phi) is 52.8. The summed E-state index contributed by atoms with van der Waals surface area (Å²) in [7, 11) is 0.628.